The molecule has 2 atom stereocenters. The molecular formula is C29H26Cl2FN5OS. The van der Waals surface area contributed by atoms with Crippen molar-refractivity contribution in [1.82, 2.24) is 19.8 Å². The van der Waals surface area contributed by atoms with E-state index in [1.165, 1.54) is 12.1 Å². The molecule has 0 saturated carbocycles. The van der Waals surface area contributed by atoms with Gasteiger partial charge >= 0.3 is 0 Å². The highest BCUT2D eigenvalue weighted by molar-refractivity contribution is 7.80. The number of thiocarbonyl (C=S) groups is 1. The van der Waals surface area contributed by atoms with Crippen molar-refractivity contribution in [2.75, 3.05) is 11.9 Å². The Balaban J connectivity index is 1.49. The summed E-state index contributed by atoms with van der Waals surface area (Å²) >= 11 is 18.5. The number of nitrogens with one attached hydrogen (secondary N) is 2. The van der Waals surface area contributed by atoms with Crippen LogP contribution in [0.1, 0.15) is 41.1 Å². The standard InChI is InChI=1S/C29H26Cl2FN5OS/c1-17-15-20(18(2)37(17)25-11-10-19(30)16-21(25)31)28-27(24-9-5-6-13-33-24)35-29(39)36(28)14-12-26(38)34-23-8-4-3-7-22(23)32/h3-11,13,15-16,27-28H,12,14H2,1-2H3,(H,34,38)(H,35,39)/t27-,28+/m1/s1. The number of para-hydroxylation sites is 1. The molecule has 4 aromatic rings. The number of anilines is 1. The Morgan fingerprint density at radius 2 is 1.87 bits per heavy atom. The van der Waals surface area contributed by atoms with Crippen molar-refractivity contribution in [3.63, 3.8) is 0 Å². The summed E-state index contributed by atoms with van der Waals surface area (Å²) in [7, 11) is 0. The molecule has 1 amide bonds. The fourth-order valence-corrected chi connectivity index (χ4v) is 5.93. The molecule has 6 nitrogen and oxygen atoms in total. The van der Waals surface area contributed by atoms with Crippen LogP contribution in [0.4, 0.5) is 10.1 Å². The molecule has 200 valence electrons. The van der Waals surface area contributed by atoms with Gasteiger partial charge < -0.3 is 20.1 Å². The van der Waals surface area contributed by atoms with E-state index in [2.05, 4.69) is 26.3 Å². The van der Waals surface area contributed by atoms with E-state index in [1.54, 1.807) is 24.4 Å². The summed E-state index contributed by atoms with van der Waals surface area (Å²) in [6.45, 7) is 4.38. The van der Waals surface area contributed by atoms with Crippen LogP contribution in [0.2, 0.25) is 10.0 Å². The summed E-state index contributed by atoms with van der Waals surface area (Å²) in [6, 6.07) is 18.9. The van der Waals surface area contributed by atoms with Crippen LogP contribution >= 0.6 is 35.4 Å². The molecule has 1 saturated heterocycles. The second-order valence-corrected chi connectivity index (χ2v) is 10.6. The Morgan fingerprint density at radius 1 is 1.10 bits per heavy atom. The van der Waals surface area contributed by atoms with Gasteiger partial charge in [0.05, 0.1) is 34.2 Å². The molecule has 10 heteroatoms. The largest absolute Gasteiger partial charge is 0.352 e. The van der Waals surface area contributed by atoms with Crippen molar-refractivity contribution in [3.8, 4) is 5.69 Å². The number of amides is 1. The Kier molecular flexibility index (Phi) is 7.88. The molecule has 0 bridgehead atoms. The number of hydrogen-bond donors (Lipinski definition) is 2. The molecule has 3 heterocycles. The number of pyridine rings is 1. The van der Waals surface area contributed by atoms with Crippen LogP contribution < -0.4 is 10.6 Å². The number of aryl methyl sites for hydroxylation is 1. The highest BCUT2D eigenvalue weighted by Gasteiger charge is 2.41. The van der Waals surface area contributed by atoms with Gasteiger partial charge in [0, 0.05) is 35.6 Å². The summed E-state index contributed by atoms with van der Waals surface area (Å²) in [6.07, 6.45) is 1.86. The van der Waals surface area contributed by atoms with Gasteiger partial charge in [-0.05, 0) is 80.2 Å². The quantitative estimate of drug-likeness (QED) is 0.231. The SMILES string of the molecule is Cc1cc([C@H]2[C@@H](c3ccccn3)NC(=S)N2CCC(=O)Nc2ccccc2F)c(C)n1-c1ccc(Cl)cc1Cl. The third-order valence-corrected chi connectivity index (χ3v) is 7.76. The Bertz CT molecular complexity index is 1540. The number of nitrogens with zero attached hydrogens (tertiary/aromatic N) is 3. The second-order valence-electron chi connectivity index (χ2n) is 9.36. The molecule has 0 unspecified atom stereocenters. The summed E-state index contributed by atoms with van der Waals surface area (Å²) in [5.41, 5.74) is 4.79. The van der Waals surface area contributed by atoms with E-state index in [0.717, 1.165) is 28.3 Å². The first-order chi connectivity index (χ1) is 18.7. The van der Waals surface area contributed by atoms with Crippen molar-refractivity contribution in [2.24, 2.45) is 0 Å². The number of carbonyl (C=O) groups is 1. The molecule has 5 rings (SSSR count). The van der Waals surface area contributed by atoms with Crippen LogP contribution in [0.15, 0.2) is 72.9 Å². The van der Waals surface area contributed by atoms with Crippen molar-refractivity contribution in [3.05, 3.63) is 111 Å². The second kappa shape index (κ2) is 11.3. The molecule has 1 aliphatic heterocycles. The minimum atomic E-state index is -0.481. The minimum absolute atomic E-state index is 0.114. The molecule has 0 radical (unpaired) electrons. The van der Waals surface area contributed by atoms with E-state index in [0.29, 0.717) is 21.7 Å². The van der Waals surface area contributed by atoms with Crippen LogP contribution in [0.25, 0.3) is 5.69 Å². The number of benzene rings is 2. The smallest absolute Gasteiger partial charge is 0.226 e. The van der Waals surface area contributed by atoms with Crippen LogP contribution in [0, 0.1) is 19.7 Å². The third-order valence-electron chi connectivity index (χ3n) is 6.87. The third kappa shape index (κ3) is 5.50. The Labute approximate surface area is 241 Å². The van der Waals surface area contributed by atoms with Gasteiger partial charge in [0.1, 0.15) is 5.82 Å². The zero-order valence-corrected chi connectivity index (χ0v) is 23.6. The number of halogens is 3. The van der Waals surface area contributed by atoms with E-state index in [4.69, 9.17) is 35.4 Å². The van der Waals surface area contributed by atoms with Crippen LogP contribution in [-0.2, 0) is 4.79 Å². The topological polar surface area (TPSA) is 62.2 Å². The summed E-state index contributed by atoms with van der Waals surface area (Å²) in [5.74, 6) is -0.785. The molecule has 39 heavy (non-hydrogen) atoms. The van der Waals surface area contributed by atoms with Crippen LogP contribution in [0.5, 0.6) is 0 Å². The molecule has 2 aromatic carbocycles. The van der Waals surface area contributed by atoms with Crippen LogP contribution in [0.3, 0.4) is 0 Å². The van der Waals surface area contributed by atoms with Crippen molar-refractivity contribution >= 4 is 52.1 Å². The van der Waals surface area contributed by atoms with Crippen molar-refractivity contribution in [1.29, 1.82) is 0 Å². The maximum Gasteiger partial charge on any atom is 0.226 e. The number of rotatable bonds is 7. The van der Waals surface area contributed by atoms with E-state index in [1.807, 2.05) is 49.1 Å². The predicted molar refractivity (Wildman–Crippen MR) is 157 cm³/mol. The molecule has 0 aliphatic carbocycles. The zero-order chi connectivity index (χ0) is 27.7. The zero-order valence-electron chi connectivity index (χ0n) is 21.3. The predicted octanol–water partition coefficient (Wildman–Crippen LogP) is 6.94. The molecule has 2 N–H and O–H groups in total. The Hall–Kier alpha value is -3.46. The first-order valence-corrected chi connectivity index (χ1v) is 13.6. The van der Waals surface area contributed by atoms with Crippen molar-refractivity contribution < 1.29 is 9.18 Å². The lowest BCUT2D eigenvalue weighted by Gasteiger charge is -2.28. The number of hydrogen-bond acceptors (Lipinski definition) is 3. The Morgan fingerprint density at radius 3 is 2.59 bits per heavy atom. The van der Waals surface area contributed by atoms with Gasteiger partial charge in [0.2, 0.25) is 5.91 Å². The van der Waals surface area contributed by atoms with Gasteiger partial charge in [-0.15, -0.1) is 0 Å². The molecule has 1 aliphatic rings. The minimum Gasteiger partial charge on any atom is -0.352 e. The fraction of sp³-hybridized carbons (Fsp3) is 0.207. The van der Waals surface area contributed by atoms with Gasteiger partial charge in [-0.3, -0.25) is 9.78 Å². The van der Waals surface area contributed by atoms with E-state index < -0.39 is 5.82 Å². The van der Waals surface area contributed by atoms with Gasteiger partial charge in [0.25, 0.3) is 0 Å². The highest BCUT2D eigenvalue weighted by Crippen LogP contribution is 2.42. The van der Waals surface area contributed by atoms with E-state index >= 15 is 0 Å². The molecule has 1 fully saturated rings. The van der Waals surface area contributed by atoms with Gasteiger partial charge in [-0.1, -0.05) is 41.4 Å². The molecular weight excluding hydrogens is 556 g/mol. The van der Waals surface area contributed by atoms with Gasteiger partial charge in [-0.25, -0.2) is 4.39 Å². The first-order valence-electron chi connectivity index (χ1n) is 12.4. The van der Waals surface area contributed by atoms with E-state index in [9.17, 15) is 9.18 Å². The van der Waals surface area contributed by atoms with Crippen molar-refractivity contribution in [2.45, 2.75) is 32.4 Å². The highest BCUT2D eigenvalue weighted by atomic mass is 35.5. The van der Waals surface area contributed by atoms with Crippen LogP contribution in [-0.4, -0.2) is 32.0 Å². The first kappa shape index (κ1) is 27.1. The summed E-state index contributed by atoms with van der Waals surface area (Å²) in [4.78, 5) is 19.4. The summed E-state index contributed by atoms with van der Waals surface area (Å²) < 4.78 is 16.2. The maximum atomic E-state index is 14.1. The lowest BCUT2D eigenvalue weighted by molar-refractivity contribution is -0.116. The normalized spacial score (nSPS) is 16.8. The number of carbonyl (C=O) groups excluding carboxylic acids is 1. The maximum absolute atomic E-state index is 14.1. The molecule has 0 spiro atoms. The average molecular weight is 583 g/mol. The summed E-state index contributed by atoms with van der Waals surface area (Å²) in [5, 5.41) is 7.69. The average Bonchev–Trinajstić information content (AvgIpc) is 3.39. The lowest BCUT2D eigenvalue weighted by Crippen LogP contribution is -2.33. The molecule has 2 aromatic heterocycles. The van der Waals surface area contributed by atoms with E-state index in [-0.39, 0.29) is 30.1 Å². The lowest BCUT2D eigenvalue weighted by atomic mass is 9.96. The monoisotopic (exact) mass is 581 g/mol. The number of aromatic nitrogens is 2. The fourth-order valence-electron chi connectivity index (χ4n) is 5.10. The van der Waals surface area contributed by atoms with Gasteiger partial charge in [0.15, 0.2) is 5.11 Å². The van der Waals surface area contributed by atoms with Gasteiger partial charge in [-0.2, -0.15) is 0 Å².